The highest BCUT2D eigenvalue weighted by Gasteiger charge is 2.07. The zero-order valence-electron chi connectivity index (χ0n) is 11.2. The maximum atomic E-state index is 5.35. The quantitative estimate of drug-likeness (QED) is 0.886. The van der Waals surface area contributed by atoms with Gasteiger partial charge < -0.3 is 10.1 Å². The van der Waals surface area contributed by atoms with Crippen molar-refractivity contribution in [3.8, 4) is 5.75 Å². The topological polar surface area (TPSA) is 21.3 Å². The molecule has 0 amide bonds. The first-order valence-electron chi connectivity index (χ1n) is 6.31. The molecule has 0 radical (unpaired) electrons. The normalized spacial score (nSPS) is 12.2. The van der Waals surface area contributed by atoms with Crippen LogP contribution in [0.5, 0.6) is 5.75 Å². The predicted molar refractivity (Wildman–Crippen MR) is 82.4 cm³/mol. The van der Waals surface area contributed by atoms with Crippen LogP contribution in [0, 0.1) is 0 Å². The molecule has 2 nitrogen and oxygen atoms in total. The molecule has 100 valence electrons. The number of halogens is 1. The number of hydrogen-bond acceptors (Lipinski definition) is 2. The van der Waals surface area contributed by atoms with E-state index in [1.165, 1.54) is 11.1 Å². The van der Waals surface area contributed by atoms with Gasteiger partial charge in [-0.05, 0) is 30.7 Å². The van der Waals surface area contributed by atoms with E-state index in [1.807, 2.05) is 24.3 Å². The Hall–Kier alpha value is -1.32. The Morgan fingerprint density at radius 2 is 1.95 bits per heavy atom. The van der Waals surface area contributed by atoms with Gasteiger partial charge in [-0.2, -0.15) is 0 Å². The van der Waals surface area contributed by atoms with Crippen molar-refractivity contribution in [3.63, 3.8) is 0 Å². The van der Waals surface area contributed by atoms with Gasteiger partial charge in [-0.3, -0.25) is 0 Å². The summed E-state index contributed by atoms with van der Waals surface area (Å²) in [7, 11) is 1.70. The molecule has 2 rings (SSSR count). The Kier molecular flexibility index (Phi) is 5.00. The third kappa shape index (κ3) is 3.82. The molecule has 0 aliphatic heterocycles. The molecule has 0 bridgehead atoms. The monoisotopic (exact) mass is 319 g/mol. The first kappa shape index (κ1) is 14.1. The molecular weight excluding hydrogens is 302 g/mol. The van der Waals surface area contributed by atoms with Gasteiger partial charge in [0.1, 0.15) is 5.75 Å². The minimum absolute atomic E-state index is 0.294. The van der Waals surface area contributed by atoms with Crippen molar-refractivity contribution in [1.29, 1.82) is 0 Å². The minimum atomic E-state index is 0.294. The van der Waals surface area contributed by atoms with E-state index in [1.54, 1.807) is 7.11 Å². The lowest BCUT2D eigenvalue weighted by Gasteiger charge is -2.16. The average molecular weight is 320 g/mol. The fourth-order valence-corrected chi connectivity index (χ4v) is 2.42. The fraction of sp³-hybridized carbons (Fsp3) is 0.250. The van der Waals surface area contributed by atoms with Gasteiger partial charge in [0.25, 0.3) is 0 Å². The summed E-state index contributed by atoms with van der Waals surface area (Å²) in [5.74, 6) is 0.927. The van der Waals surface area contributed by atoms with E-state index in [0.717, 1.165) is 16.8 Å². The third-order valence-corrected chi connectivity index (χ3v) is 3.63. The van der Waals surface area contributed by atoms with Crippen LogP contribution in [-0.4, -0.2) is 7.11 Å². The van der Waals surface area contributed by atoms with Crippen LogP contribution >= 0.6 is 15.9 Å². The summed E-state index contributed by atoms with van der Waals surface area (Å²) in [6.07, 6.45) is 0. The van der Waals surface area contributed by atoms with Crippen LogP contribution < -0.4 is 10.1 Å². The average Bonchev–Trinajstić information content (AvgIpc) is 2.45. The SMILES string of the molecule is COc1ccccc1CNC(C)c1cccc(Br)c1. The van der Waals surface area contributed by atoms with Crippen molar-refractivity contribution in [1.82, 2.24) is 5.32 Å². The summed E-state index contributed by atoms with van der Waals surface area (Å²) in [6, 6.07) is 16.7. The van der Waals surface area contributed by atoms with Gasteiger partial charge in [0.15, 0.2) is 0 Å². The van der Waals surface area contributed by atoms with Crippen LogP contribution in [0.1, 0.15) is 24.1 Å². The molecule has 19 heavy (non-hydrogen) atoms. The van der Waals surface area contributed by atoms with Gasteiger partial charge in [0.2, 0.25) is 0 Å². The number of ether oxygens (including phenoxy) is 1. The van der Waals surface area contributed by atoms with Gasteiger partial charge in [-0.15, -0.1) is 0 Å². The Balaban J connectivity index is 2.02. The maximum absolute atomic E-state index is 5.35. The van der Waals surface area contributed by atoms with Gasteiger partial charge in [0.05, 0.1) is 7.11 Å². The number of nitrogens with one attached hydrogen (secondary N) is 1. The zero-order valence-corrected chi connectivity index (χ0v) is 12.8. The van der Waals surface area contributed by atoms with Crippen LogP contribution in [0.25, 0.3) is 0 Å². The molecule has 2 aromatic carbocycles. The summed E-state index contributed by atoms with van der Waals surface area (Å²) in [5.41, 5.74) is 2.44. The highest BCUT2D eigenvalue weighted by molar-refractivity contribution is 9.10. The molecule has 1 atom stereocenters. The van der Waals surface area contributed by atoms with Crippen molar-refractivity contribution in [2.24, 2.45) is 0 Å². The summed E-state index contributed by atoms with van der Waals surface area (Å²) in [4.78, 5) is 0. The molecule has 0 aromatic heterocycles. The molecule has 3 heteroatoms. The summed E-state index contributed by atoms with van der Waals surface area (Å²) in [5, 5.41) is 3.52. The largest absolute Gasteiger partial charge is 0.496 e. The van der Waals surface area contributed by atoms with Gasteiger partial charge in [-0.1, -0.05) is 46.3 Å². The second-order valence-corrected chi connectivity index (χ2v) is 5.39. The molecular formula is C16H18BrNO. The molecule has 0 aliphatic carbocycles. The van der Waals surface area contributed by atoms with Gasteiger partial charge >= 0.3 is 0 Å². The van der Waals surface area contributed by atoms with Crippen LogP contribution in [0.15, 0.2) is 53.0 Å². The van der Waals surface area contributed by atoms with Crippen LogP contribution in [0.3, 0.4) is 0 Å². The first-order valence-corrected chi connectivity index (χ1v) is 7.10. The van der Waals surface area contributed by atoms with E-state index < -0.39 is 0 Å². The number of rotatable bonds is 5. The summed E-state index contributed by atoms with van der Waals surface area (Å²) >= 11 is 3.50. The Bertz CT molecular complexity index is 542. The smallest absolute Gasteiger partial charge is 0.123 e. The fourth-order valence-electron chi connectivity index (χ4n) is 2.01. The van der Waals surface area contributed by atoms with E-state index in [4.69, 9.17) is 4.74 Å². The minimum Gasteiger partial charge on any atom is -0.496 e. The van der Waals surface area contributed by atoms with Gasteiger partial charge in [0, 0.05) is 22.6 Å². The number of para-hydroxylation sites is 1. The van der Waals surface area contributed by atoms with E-state index in [-0.39, 0.29) is 0 Å². The van der Waals surface area contributed by atoms with Crippen LogP contribution in [0.2, 0.25) is 0 Å². The lowest BCUT2D eigenvalue weighted by molar-refractivity contribution is 0.406. The lowest BCUT2D eigenvalue weighted by Crippen LogP contribution is -2.18. The van der Waals surface area contributed by atoms with E-state index in [0.29, 0.717) is 6.04 Å². The van der Waals surface area contributed by atoms with Crippen LogP contribution in [-0.2, 0) is 6.54 Å². The van der Waals surface area contributed by atoms with Crippen molar-refractivity contribution in [2.45, 2.75) is 19.5 Å². The molecule has 1 N–H and O–H groups in total. The van der Waals surface area contributed by atoms with Gasteiger partial charge in [-0.25, -0.2) is 0 Å². The highest BCUT2D eigenvalue weighted by Crippen LogP contribution is 2.20. The molecule has 0 fully saturated rings. The standard InChI is InChI=1S/C16H18BrNO/c1-12(13-7-5-8-15(17)10-13)18-11-14-6-3-4-9-16(14)19-2/h3-10,12,18H,11H2,1-2H3. The van der Waals surface area contributed by atoms with Crippen molar-refractivity contribution in [2.75, 3.05) is 7.11 Å². The predicted octanol–water partition coefficient (Wildman–Crippen LogP) is 4.31. The molecule has 0 saturated heterocycles. The Morgan fingerprint density at radius 1 is 1.16 bits per heavy atom. The zero-order chi connectivity index (χ0) is 13.7. The first-order chi connectivity index (χ1) is 9.20. The number of hydrogen-bond donors (Lipinski definition) is 1. The van der Waals surface area contributed by atoms with Crippen molar-refractivity contribution in [3.05, 3.63) is 64.1 Å². The van der Waals surface area contributed by atoms with Crippen molar-refractivity contribution < 1.29 is 4.74 Å². The molecule has 0 aliphatic rings. The number of benzene rings is 2. The molecule has 1 unspecified atom stereocenters. The summed E-state index contributed by atoms with van der Waals surface area (Å²) < 4.78 is 6.46. The molecule has 2 aromatic rings. The highest BCUT2D eigenvalue weighted by atomic mass is 79.9. The van der Waals surface area contributed by atoms with Crippen LogP contribution in [0.4, 0.5) is 0 Å². The van der Waals surface area contributed by atoms with E-state index in [9.17, 15) is 0 Å². The Labute approximate surface area is 122 Å². The number of methoxy groups -OCH3 is 1. The lowest BCUT2D eigenvalue weighted by atomic mass is 10.1. The maximum Gasteiger partial charge on any atom is 0.123 e. The second-order valence-electron chi connectivity index (χ2n) is 4.47. The molecule has 0 heterocycles. The molecule has 0 spiro atoms. The Morgan fingerprint density at radius 3 is 2.68 bits per heavy atom. The third-order valence-electron chi connectivity index (χ3n) is 3.14. The van der Waals surface area contributed by atoms with Crippen molar-refractivity contribution >= 4 is 15.9 Å². The second kappa shape index (κ2) is 6.73. The summed E-state index contributed by atoms with van der Waals surface area (Å²) in [6.45, 7) is 2.95. The molecule has 0 saturated carbocycles. The van der Waals surface area contributed by atoms with E-state index in [2.05, 4.69) is 52.4 Å². The van der Waals surface area contributed by atoms with E-state index >= 15 is 0 Å².